The minimum atomic E-state index is -3.56. The number of carbonyl (C=O) groups is 2. The molecule has 1 saturated heterocycles. The summed E-state index contributed by atoms with van der Waals surface area (Å²) in [5.41, 5.74) is 0.522. The van der Waals surface area contributed by atoms with Gasteiger partial charge in [0.05, 0.1) is 5.52 Å². The second-order valence-corrected chi connectivity index (χ2v) is 7.97. The predicted octanol–water partition coefficient (Wildman–Crippen LogP) is 0.480. The van der Waals surface area contributed by atoms with Crippen LogP contribution < -0.4 is 5.32 Å². The van der Waals surface area contributed by atoms with Crippen molar-refractivity contribution in [2.45, 2.75) is 24.4 Å². The summed E-state index contributed by atoms with van der Waals surface area (Å²) >= 11 is 0. The van der Waals surface area contributed by atoms with Crippen molar-refractivity contribution >= 4 is 27.2 Å². The molecular formula is C16H20N4O4S. The van der Waals surface area contributed by atoms with E-state index in [1.165, 1.54) is 4.40 Å². The van der Waals surface area contributed by atoms with Gasteiger partial charge in [-0.1, -0.05) is 6.07 Å². The second-order valence-electron chi connectivity index (χ2n) is 6.06. The average Bonchev–Trinajstić information content (AvgIpc) is 3.15. The molecule has 134 valence electrons. The highest BCUT2D eigenvalue weighted by Gasteiger charge is 2.23. The lowest BCUT2D eigenvalue weighted by Crippen LogP contribution is -2.30. The molecule has 25 heavy (non-hydrogen) atoms. The smallest absolute Gasteiger partial charge is 0.272 e. The van der Waals surface area contributed by atoms with Crippen molar-refractivity contribution in [2.75, 3.05) is 25.9 Å². The molecule has 3 rings (SSSR count). The van der Waals surface area contributed by atoms with Gasteiger partial charge >= 0.3 is 0 Å². The van der Waals surface area contributed by atoms with E-state index < -0.39 is 15.7 Å². The Bertz CT molecular complexity index is 919. The molecule has 0 radical (unpaired) electrons. The summed E-state index contributed by atoms with van der Waals surface area (Å²) in [5, 5.41) is 2.59. The number of nitrogens with one attached hydrogen (secondary N) is 1. The van der Waals surface area contributed by atoms with Crippen LogP contribution in [0.3, 0.4) is 0 Å². The van der Waals surface area contributed by atoms with Crippen molar-refractivity contribution < 1.29 is 18.0 Å². The zero-order valence-corrected chi connectivity index (χ0v) is 14.8. The van der Waals surface area contributed by atoms with Gasteiger partial charge in [0, 0.05) is 38.5 Å². The van der Waals surface area contributed by atoms with Gasteiger partial charge < -0.3 is 10.2 Å². The highest BCUT2D eigenvalue weighted by molar-refractivity contribution is 7.90. The Morgan fingerprint density at radius 2 is 2.16 bits per heavy atom. The van der Waals surface area contributed by atoms with Crippen LogP contribution in [-0.2, 0) is 14.6 Å². The van der Waals surface area contributed by atoms with Crippen molar-refractivity contribution in [3.63, 3.8) is 0 Å². The Morgan fingerprint density at radius 1 is 1.36 bits per heavy atom. The summed E-state index contributed by atoms with van der Waals surface area (Å²) in [7, 11) is -3.56. The topological polar surface area (TPSA) is 101 Å². The van der Waals surface area contributed by atoms with Crippen LogP contribution in [0, 0.1) is 0 Å². The number of sulfone groups is 1. The van der Waals surface area contributed by atoms with E-state index in [9.17, 15) is 18.0 Å². The molecule has 0 spiro atoms. The maximum atomic E-state index is 12.4. The number of hydrogen-bond donors (Lipinski definition) is 1. The molecule has 0 unspecified atom stereocenters. The first-order valence-corrected chi connectivity index (χ1v) is 10.00. The first kappa shape index (κ1) is 17.4. The Balaban J connectivity index is 1.69. The number of hydrogen-bond acceptors (Lipinski definition) is 5. The third-order valence-electron chi connectivity index (χ3n) is 4.12. The first-order valence-electron chi connectivity index (χ1n) is 8.11. The van der Waals surface area contributed by atoms with E-state index in [1.807, 2.05) is 0 Å². The van der Waals surface area contributed by atoms with Crippen LogP contribution in [0.1, 0.15) is 29.8 Å². The van der Waals surface area contributed by atoms with E-state index in [4.69, 9.17) is 0 Å². The number of fused-ring (bicyclic) bond motifs is 1. The van der Waals surface area contributed by atoms with Gasteiger partial charge in [-0.15, -0.1) is 0 Å². The molecular weight excluding hydrogens is 344 g/mol. The lowest BCUT2D eigenvalue weighted by atomic mass is 10.3. The lowest BCUT2D eigenvalue weighted by Gasteiger charge is -2.15. The Labute approximate surface area is 145 Å². The van der Waals surface area contributed by atoms with Gasteiger partial charge in [-0.2, -0.15) is 0 Å². The van der Waals surface area contributed by atoms with Crippen molar-refractivity contribution in [3.8, 4) is 0 Å². The molecule has 0 aliphatic carbocycles. The normalized spacial score (nSPS) is 15.1. The summed E-state index contributed by atoms with van der Waals surface area (Å²) in [6, 6.07) is 5.05. The first-order chi connectivity index (χ1) is 11.9. The van der Waals surface area contributed by atoms with Crippen LogP contribution in [0.25, 0.3) is 5.52 Å². The van der Waals surface area contributed by atoms with Gasteiger partial charge in [0.2, 0.25) is 20.9 Å². The largest absolute Gasteiger partial charge is 0.351 e. The fraction of sp³-hybridized carbons (Fsp3) is 0.438. The fourth-order valence-corrected chi connectivity index (χ4v) is 3.71. The highest BCUT2D eigenvalue weighted by Crippen LogP contribution is 2.17. The molecule has 8 nitrogen and oxygen atoms in total. The van der Waals surface area contributed by atoms with Gasteiger partial charge in [0.15, 0.2) is 5.69 Å². The third-order valence-corrected chi connectivity index (χ3v) is 5.08. The summed E-state index contributed by atoms with van der Waals surface area (Å²) in [5.74, 6) is -0.268. The van der Waals surface area contributed by atoms with Crippen LogP contribution in [0.2, 0.25) is 0 Å². The van der Waals surface area contributed by atoms with Gasteiger partial charge in [-0.05, 0) is 25.0 Å². The van der Waals surface area contributed by atoms with Crippen LogP contribution in [0.15, 0.2) is 29.6 Å². The van der Waals surface area contributed by atoms with Crippen molar-refractivity contribution in [2.24, 2.45) is 0 Å². The molecule has 2 aromatic rings. The van der Waals surface area contributed by atoms with Gasteiger partial charge in [-0.3, -0.25) is 14.0 Å². The lowest BCUT2D eigenvalue weighted by molar-refractivity contribution is -0.127. The minimum Gasteiger partial charge on any atom is -0.351 e. The summed E-state index contributed by atoms with van der Waals surface area (Å²) in [6.07, 6.45) is 4.75. The monoisotopic (exact) mass is 364 g/mol. The molecule has 2 amide bonds. The number of amides is 2. The maximum Gasteiger partial charge on any atom is 0.272 e. The quantitative estimate of drug-likeness (QED) is 0.752. The van der Waals surface area contributed by atoms with E-state index >= 15 is 0 Å². The van der Waals surface area contributed by atoms with Crippen LogP contribution in [0.4, 0.5) is 0 Å². The molecule has 2 aromatic heterocycles. The van der Waals surface area contributed by atoms with E-state index in [1.54, 1.807) is 29.3 Å². The van der Waals surface area contributed by atoms with Crippen molar-refractivity contribution in [1.29, 1.82) is 0 Å². The highest BCUT2D eigenvalue weighted by atomic mass is 32.2. The molecule has 0 bridgehead atoms. The number of imidazole rings is 1. The number of carbonyl (C=O) groups excluding carboxylic acids is 2. The zero-order valence-electron chi connectivity index (χ0n) is 13.9. The van der Waals surface area contributed by atoms with Crippen molar-refractivity contribution in [1.82, 2.24) is 19.6 Å². The predicted molar refractivity (Wildman–Crippen MR) is 91.1 cm³/mol. The summed E-state index contributed by atoms with van der Waals surface area (Å²) < 4.78 is 25.1. The number of nitrogens with zero attached hydrogens (tertiary/aromatic N) is 3. The molecule has 9 heteroatoms. The summed E-state index contributed by atoms with van der Waals surface area (Å²) in [6.45, 7) is 1.77. The van der Waals surface area contributed by atoms with Crippen molar-refractivity contribution in [3.05, 3.63) is 30.1 Å². The molecule has 0 aromatic carbocycles. The molecule has 0 atom stereocenters. The number of aromatic nitrogens is 2. The van der Waals surface area contributed by atoms with E-state index in [0.717, 1.165) is 19.2 Å². The SMILES string of the molecule is CS(=O)(=O)c1nc(C(=O)NCCCN2CCCC2=O)c2ccccn12. The molecule has 1 N–H and O–H groups in total. The Hall–Kier alpha value is -2.42. The van der Waals surface area contributed by atoms with Gasteiger partial charge in [-0.25, -0.2) is 13.4 Å². The standard InChI is InChI=1S/C16H20N4O4S/c1-25(23,24)16-18-14(12-6-2-3-11-20(12)16)15(22)17-8-5-10-19-9-4-7-13(19)21/h2-3,6,11H,4-5,7-10H2,1H3,(H,17,22). The molecule has 1 aliphatic heterocycles. The number of pyridine rings is 1. The minimum absolute atomic E-state index is 0.0817. The van der Waals surface area contributed by atoms with Crippen LogP contribution in [0.5, 0.6) is 0 Å². The second kappa shape index (κ2) is 6.83. The zero-order chi connectivity index (χ0) is 18.0. The molecule has 1 fully saturated rings. The maximum absolute atomic E-state index is 12.4. The number of likely N-dealkylation sites (tertiary alicyclic amines) is 1. The van der Waals surface area contributed by atoms with Gasteiger partial charge in [0.25, 0.3) is 5.91 Å². The third kappa shape index (κ3) is 3.65. The molecule has 3 heterocycles. The molecule has 0 saturated carbocycles. The van der Waals surface area contributed by atoms with E-state index in [2.05, 4.69) is 10.3 Å². The van der Waals surface area contributed by atoms with Gasteiger partial charge in [0.1, 0.15) is 0 Å². The van der Waals surface area contributed by atoms with E-state index in [0.29, 0.717) is 31.4 Å². The average molecular weight is 364 g/mol. The fourth-order valence-electron chi connectivity index (χ4n) is 2.93. The molecule has 1 aliphatic rings. The Kier molecular flexibility index (Phi) is 4.76. The Morgan fingerprint density at radius 3 is 2.84 bits per heavy atom. The van der Waals surface area contributed by atoms with Crippen LogP contribution >= 0.6 is 0 Å². The van der Waals surface area contributed by atoms with E-state index in [-0.39, 0.29) is 16.8 Å². The summed E-state index contributed by atoms with van der Waals surface area (Å²) in [4.78, 5) is 29.8. The van der Waals surface area contributed by atoms with Crippen LogP contribution in [-0.4, -0.2) is 60.4 Å². The number of rotatable bonds is 6.